The Hall–Kier alpha value is -2.00. The molecule has 1 unspecified atom stereocenters. The van der Waals surface area contributed by atoms with Gasteiger partial charge in [-0.2, -0.15) is 0 Å². The highest BCUT2D eigenvalue weighted by Crippen LogP contribution is 2.24. The molecule has 0 bridgehead atoms. The minimum Gasteiger partial charge on any atom is -0.481 e. The largest absolute Gasteiger partial charge is 0.481 e. The number of benzene rings is 2. The van der Waals surface area contributed by atoms with Crippen molar-refractivity contribution in [3.8, 4) is 5.75 Å². The molecule has 0 aliphatic carbocycles. The highest BCUT2D eigenvalue weighted by Gasteiger charge is 2.16. The highest BCUT2D eigenvalue weighted by molar-refractivity contribution is 6.30. The first-order valence-electron chi connectivity index (χ1n) is 7.59. The van der Waals surface area contributed by atoms with Crippen LogP contribution in [0.1, 0.15) is 33.3 Å². The second-order valence-electron chi connectivity index (χ2n) is 6.53. The SMILES string of the molecule is CC(Oc1ccc(C(C)(C)C)cc1)C(=O)Nc1ccc(Cl)cc1. The Morgan fingerprint density at radius 1 is 1.04 bits per heavy atom. The van der Waals surface area contributed by atoms with E-state index in [1.54, 1.807) is 31.2 Å². The number of rotatable bonds is 4. The maximum Gasteiger partial charge on any atom is 0.265 e. The smallest absolute Gasteiger partial charge is 0.265 e. The van der Waals surface area contributed by atoms with E-state index in [-0.39, 0.29) is 11.3 Å². The first-order valence-corrected chi connectivity index (χ1v) is 7.97. The number of ether oxygens (including phenoxy) is 1. The van der Waals surface area contributed by atoms with Gasteiger partial charge in [0.2, 0.25) is 0 Å². The predicted molar refractivity (Wildman–Crippen MR) is 95.3 cm³/mol. The Balaban J connectivity index is 1.96. The molecule has 0 spiro atoms. The third-order valence-electron chi connectivity index (χ3n) is 3.51. The maximum atomic E-state index is 12.2. The van der Waals surface area contributed by atoms with Gasteiger partial charge < -0.3 is 10.1 Å². The van der Waals surface area contributed by atoms with Crippen molar-refractivity contribution in [2.75, 3.05) is 5.32 Å². The molecule has 0 saturated heterocycles. The number of anilines is 1. The summed E-state index contributed by atoms with van der Waals surface area (Å²) in [6.45, 7) is 8.20. The number of hydrogen-bond acceptors (Lipinski definition) is 2. The van der Waals surface area contributed by atoms with Crippen LogP contribution >= 0.6 is 11.6 Å². The fourth-order valence-corrected chi connectivity index (χ4v) is 2.19. The van der Waals surface area contributed by atoms with Crippen molar-refractivity contribution in [1.29, 1.82) is 0 Å². The fraction of sp³-hybridized carbons (Fsp3) is 0.316. The number of amides is 1. The quantitative estimate of drug-likeness (QED) is 0.852. The summed E-state index contributed by atoms with van der Waals surface area (Å²) in [5.41, 5.74) is 2.01. The van der Waals surface area contributed by atoms with Crippen LogP contribution in [0.5, 0.6) is 5.75 Å². The molecule has 2 aromatic rings. The van der Waals surface area contributed by atoms with Crippen molar-refractivity contribution in [2.24, 2.45) is 0 Å². The van der Waals surface area contributed by atoms with Crippen molar-refractivity contribution in [2.45, 2.75) is 39.2 Å². The number of halogens is 1. The minimum atomic E-state index is -0.592. The summed E-state index contributed by atoms with van der Waals surface area (Å²) in [6, 6.07) is 14.8. The van der Waals surface area contributed by atoms with Crippen LogP contribution in [0.25, 0.3) is 0 Å². The molecule has 0 aliphatic heterocycles. The second-order valence-corrected chi connectivity index (χ2v) is 6.97. The zero-order valence-electron chi connectivity index (χ0n) is 13.9. The van der Waals surface area contributed by atoms with Crippen LogP contribution in [0.4, 0.5) is 5.69 Å². The summed E-state index contributed by atoms with van der Waals surface area (Å²) in [6.07, 6.45) is -0.592. The molecule has 122 valence electrons. The molecule has 0 heterocycles. The summed E-state index contributed by atoms with van der Waals surface area (Å²) in [5.74, 6) is 0.476. The third-order valence-corrected chi connectivity index (χ3v) is 3.77. The molecule has 1 atom stereocenters. The van der Waals surface area contributed by atoms with Crippen molar-refractivity contribution < 1.29 is 9.53 Å². The summed E-state index contributed by atoms with van der Waals surface area (Å²) in [4.78, 5) is 12.2. The van der Waals surface area contributed by atoms with E-state index >= 15 is 0 Å². The lowest BCUT2D eigenvalue weighted by Gasteiger charge is -2.20. The van der Waals surface area contributed by atoms with E-state index in [0.29, 0.717) is 16.5 Å². The lowest BCUT2D eigenvalue weighted by molar-refractivity contribution is -0.122. The Bertz CT molecular complexity index is 657. The highest BCUT2D eigenvalue weighted by atomic mass is 35.5. The zero-order valence-corrected chi connectivity index (χ0v) is 14.6. The second kappa shape index (κ2) is 7.05. The van der Waals surface area contributed by atoms with Crippen LogP contribution in [0.15, 0.2) is 48.5 Å². The minimum absolute atomic E-state index is 0.0934. The molecule has 0 aliphatic rings. The lowest BCUT2D eigenvalue weighted by atomic mass is 9.87. The molecular weight excluding hydrogens is 310 g/mol. The van der Waals surface area contributed by atoms with Gasteiger partial charge in [0.15, 0.2) is 6.10 Å². The van der Waals surface area contributed by atoms with Crippen molar-refractivity contribution in [3.63, 3.8) is 0 Å². The van der Waals surface area contributed by atoms with Crippen LogP contribution in [0, 0.1) is 0 Å². The monoisotopic (exact) mass is 331 g/mol. The van der Waals surface area contributed by atoms with Crippen molar-refractivity contribution in [1.82, 2.24) is 0 Å². The number of carbonyl (C=O) groups is 1. The fourth-order valence-electron chi connectivity index (χ4n) is 2.07. The molecule has 0 radical (unpaired) electrons. The zero-order chi connectivity index (χ0) is 17.0. The van der Waals surface area contributed by atoms with Gasteiger partial charge in [-0.25, -0.2) is 0 Å². The van der Waals surface area contributed by atoms with E-state index in [4.69, 9.17) is 16.3 Å². The number of nitrogens with one attached hydrogen (secondary N) is 1. The summed E-state index contributed by atoms with van der Waals surface area (Å²) in [7, 11) is 0. The molecule has 1 amide bonds. The van der Waals surface area contributed by atoms with Crippen molar-refractivity contribution >= 4 is 23.2 Å². The molecule has 0 saturated carbocycles. The van der Waals surface area contributed by atoms with Gasteiger partial charge in [0.05, 0.1) is 0 Å². The van der Waals surface area contributed by atoms with Crippen LogP contribution < -0.4 is 10.1 Å². The van der Waals surface area contributed by atoms with E-state index in [1.165, 1.54) is 5.56 Å². The molecule has 3 nitrogen and oxygen atoms in total. The van der Waals surface area contributed by atoms with Gasteiger partial charge >= 0.3 is 0 Å². The Labute approximate surface area is 142 Å². The maximum absolute atomic E-state index is 12.2. The van der Waals surface area contributed by atoms with Gasteiger partial charge in [-0.05, 0) is 54.3 Å². The average Bonchev–Trinajstić information content (AvgIpc) is 2.49. The van der Waals surface area contributed by atoms with E-state index in [1.807, 2.05) is 24.3 Å². The first kappa shape index (κ1) is 17.4. The van der Waals surface area contributed by atoms with E-state index in [2.05, 4.69) is 26.1 Å². The normalized spacial score (nSPS) is 12.6. The molecule has 1 N–H and O–H groups in total. The van der Waals surface area contributed by atoms with Gasteiger partial charge in [0.1, 0.15) is 5.75 Å². The molecule has 4 heteroatoms. The molecule has 0 fully saturated rings. The van der Waals surface area contributed by atoms with Gasteiger partial charge in [0, 0.05) is 10.7 Å². The lowest BCUT2D eigenvalue weighted by Crippen LogP contribution is -2.30. The summed E-state index contributed by atoms with van der Waals surface area (Å²) in [5, 5.41) is 3.43. The van der Waals surface area contributed by atoms with Crippen molar-refractivity contribution in [3.05, 3.63) is 59.1 Å². The molecule has 23 heavy (non-hydrogen) atoms. The van der Waals surface area contributed by atoms with E-state index in [0.717, 1.165) is 0 Å². The first-order chi connectivity index (χ1) is 10.8. The number of carbonyl (C=O) groups excluding carboxylic acids is 1. The third kappa shape index (κ3) is 5.00. The molecule has 2 aromatic carbocycles. The molecule has 0 aromatic heterocycles. The topological polar surface area (TPSA) is 38.3 Å². The van der Waals surface area contributed by atoms with E-state index in [9.17, 15) is 4.79 Å². The van der Waals surface area contributed by atoms with E-state index < -0.39 is 6.10 Å². The average molecular weight is 332 g/mol. The van der Waals surface area contributed by atoms with Crippen LogP contribution in [0.3, 0.4) is 0 Å². The Morgan fingerprint density at radius 2 is 1.61 bits per heavy atom. The summed E-state index contributed by atoms with van der Waals surface area (Å²) >= 11 is 5.83. The van der Waals surface area contributed by atoms with Gasteiger partial charge in [-0.15, -0.1) is 0 Å². The van der Waals surface area contributed by atoms with Gasteiger partial charge in [-0.1, -0.05) is 44.5 Å². The van der Waals surface area contributed by atoms with Gasteiger partial charge in [-0.3, -0.25) is 4.79 Å². The van der Waals surface area contributed by atoms with Crippen LogP contribution in [0.2, 0.25) is 5.02 Å². The number of hydrogen-bond donors (Lipinski definition) is 1. The molecular formula is C19H22ClNO2. The van der Waals surface area contributed by atoms with Gasteiger partial charge in [0.25, 0.3) is 5.91 Å². The Kier molecular flexibility index (Phi) is 5.32. The summed E-state index contributed by atoms with van der Waals surface area (Å²) < 4.78 is 5.70. The van der Waals surface area contributed by atoms with Crippen LogP contribution in [-0.2, 0) is 10.2 Å². The van der Waals surface area contributed by atoms with Crippen LogP contribution in [-0.4, -0.2) is 12.0 Å². The standard InChI is InChI=1S/C19H22ClNO2/c1-13(18(22)21-16-9-7-15(20)8-10-16)23-17-11-5-14(6-12-17)19(2,3)4/h5-13H,1-4H3,(H,21,22). The predicted octanol–water partition coefficient (Wildman–Crippen LogP) is 5.04. The molecule has 2 rings (SSSR count). The Morgan fingerprint density at radius 3 is 2.13 bits per heavy atom.